The van der Waals surface area contributed by atoms with Gasteiger partial charge >= 0.3 is 0 Å². The van der Waals surface area contributed by atoms with Gasteiger partial charge in [-0.05, 0) is 28.7 Å². The second kappa shape index (κ2) is 1.69. The minimum absolute atomic E-state index is 0.720. The molecule has 1 aromatic heterocycles. The van der Waals surface area contributed by atoms with Crippen LogP contribution in [0.25, 0.3) is 0 Å². The molecule has 0 fully saturated rings. The standard InChI is InChI=1S/C3H3IN2O/c4-3-1-2-5-6(3)7/h1-2,7H. The molecule has 1 N–H and O–H groups in total. The zero-order valence-electron chi connectivity index (χ0n) is 3.37. The molecule has 1 aromatic rings. The first-order valence-corrected chi connectivity index (χ1v) is 2.77. The molecule has 0 aliphatic heterocycles. The largest absolute Gasteiger partial charge is 0.411 e. The third-order valence-electron chi connectivity index (χ3n) is 0.579. The average Bonchev–Trinajstić information content (AvgIpc) is 1.91. The van der Waals surface area contributed by atoms with Crippen molar-refractivity contribution in [3.05, 3.63) is 16.0 Å². The van der Waals surface area contributed by atoms with Gasteiger partial charge in [-0.15, -0.1) is 5.10 Å². The van der Waals surface area contributed by atoms with Crippen LogP contribution in [0.15, 0.2) is 12.3 Å². The van der Waals surface area contributed by atoms with Gasteiger partial charge in [-0.1, -0.05) is 4.85 Å². The van der Waals surface area contributed by atoms with Gasteiger partial charge in [-0.2, -0.15) is 0 Å². The Morgan fingerprint density at radius 3 is 2.71 bits per heavy atom. The van der Waals surface area contributed by atoms with Gasteiger partial charge in [0, 0.05) is 0 Å². The first-order chi connectivity index (χ1) is 3.30. The Bertz CT molecular complexity index is 145. The van der Waals surface area contributed by atoms with Gasteiger partial charge in [-0.25, -0.2) is 0 Å². The lowest BCUT2D eigenvalue weighted by atomic mass is 10.8. The normalized spacial score (nSPS) is 9.29. The predicted octanol–water partition coefficient (Wildman–Crippen LogP) is 0.725. The summed E-state index contributed by atoms with van der Waals surface area (Å²) in [5, 5.41) is 12.0. The number of hydrogen-bond donors (Lipinski definition) is 1. The van der Waals surface area contributed by atoms with Crippen molar-refractivity contribution in [2.75, 3.05) is 0 Å². The van der Waals surface area contributed by atoms with E-state index < -0.39 is 0 Å². The molecule has 1 rings (SSSR count). The van der Waals surface area contributed by atoms with Crippen LogP contribution in [0.1, 0.15) is 0 Å². The summed E-state index contributed by atoms with van der Waals surface area (Å²) < 4.78 is 0.720. The number of rotatable bonds is 0. The van der Waals surface area contributed by atoms with Crippen molar-refractivity contribution in [1.82, 2.24) is 9.94 Å². The van der Waals surface area contributed by atoms with Crippen molar-refractivity contribution in [1.29, 1.82) is 0 Å². The molecule has 0 aliphatic rings. The molecule has 4 heteroatoms. The maximum absolute atomic E-state index is 8.56. The second-order valence-electron chi connectivity index (χ2n) is 1.04. The molecule has 0 amide bonds. The molecule has 0 aromatic carbocycles. The van der Waals surface area contributed by atoms with Crippen LogP contribution in [0.5, 0.6) is 0 Å². The van der Waals surface area contributed by atoms with E-state index in [9.17, 15) is 0 Å². The van der Waals surface area contributed by atoms with E-state index >= 15 is 0 Å². The Morgan fingerprint density at radius 2 is 2.57 bits per heavy atom. The molecule has 0 radical (unpaired) electrons. The molecular formula is C3H3IN2O. The van der Waals surface area contributed by atoms with Crippen molar-refractivity contribution < 1.29 is 5.21 Å². The topological polar surface area (TPSA) is 38.0 Å². The third kappa shape index (κ3) is 0.846. The summed E-state index contributed by atoms with van der Waals surface area (Å²) in [7, 11) is 0. The molecule has 0 saturated heterocycles. The predicted molar refractivity (Wildman–Crippen MR) is 32.1 cm³/mol. The zero-order valence-corrected chi connectivity index (χ0v) is 5.53. The van der Waals surface area contributed by atoms with Crippen LogP contribution in [-0.4, -0.2) is 15.2 Å². The molecule has 0 spiro atoms. The van der Waals surface area contributed by atoms with Gasteiger partial charge in [0.2, 0.25) is 0 Å². The molecule has 0 saturated carbocycles. The van der Waals surface area contributed by atoms with E-state index in [1.165, 1.54) is 6.20 Å². The molecule has 0 atom stereocenters. The molecule has 0 bridgehead atoms. The van der Waals surface area contributed by atoms with E-state index in [2.05, 4.69) is 5.10 Å². The van der Waals surface area contributed by atoms with Crippen molar-refractivity contribution in [3.63, 3.8) is 0 Å². The smallest absolute Gasteiger partial charge is 0.140 e. The highest BCUT2D eigenvalue weighted by atomic mass is 127. The average molecular weight is 210 g/mol. The number of aromatic nitrogens is 2. The molecule has 1 heterocycles. The number of nitrogens with zero attached hydrogens (tertiary/aromatic N) is 2. The van der Waals surface area contributed by atoms with Crippen LogP contribution < -0.4 is 0 Å². The number of hydrogen-bond acceptors (Lipinski definition) is 2. The van der Waals surface area contributed by atoms with Crippen LogP contribution in [0.2, 0.25) is 0 Å². The second-order valence-corrected chi connectivity index (χ2v) is 2.15. The van der Waals surface area contributed by atoms with E-state index in [0.717, 1.165) is 8.55 Å². The van der Waals surface area contributed by atoms with Gasteiger partial charge in [0.1, 0.15) is 3.70 Å². The van der Waals surface area contributed by atoms with Crippen LogP contribution >= 0.6 is 22.6 Å². The Labute approximate surface area is 54.0 Å². The lowest BCUT2D eigenvalue weighted by molar-refractivity contribution is 0.141. The summed E-state index contributed by atoms with van der Waals surface area (Å²) >= 11 is 1.97. The van der Waals surface area contributed by atoms with E-state index in [1.54, 1.807) is 6.07 Å². The SMILES string of the molecule is On1nccc1I. The van der Waals surface area contributed by atoms with Crippen molar-refractivity contribution in [3.8, 4) is 0 Å². The fourth-order valence-corrected chi connectivity index (χ4v) is 0.565. The van der Waals surface area contributed by atoms with E-state index in [0.29, 0.717) is 0 Å². The van der Waals surface area contributed by atoms with Crippen molar-refractivity contribution in [2.24, 2.45) is 0 Å². The monoisotopic (exact) mass is 210 g/mol. The molecule has 38 valence electrons. The number of halogens is 1. The van der Waals surface area contributed by atoms with Gasteiger partial charge < -0.3 is 5.21 Å². The van der Waals surface area contributed by atoms with Gasteiger partial charge in [0.05, 0.1) is 6.20 Å². The summed E-state index contributed by atoms with van der Waals surface area (Å²) in [6, 6.07) is 1.71. The van der Waals surface area contributed by atoms with Crippen LogP contribution in [0.4, 0.5) is 0 Å². The van der Waals surface area contributed by atoms with Gasteiger partial charge in [-0.3, -0.25) is 0 Å². The van der Waals surface area contributed by atoms with Crippen LogP contribution in [0.3, 0.4) is 0 Å². The highest BCUT2D eigenvalue weighted by Crippen LogP contribution is 1.97. The lowest BCUT2D eigenvalue weighted by Gasteiger charge is -1.83. The van der Waals surface area contributed by atoms with E-state index in [1.807, 2.05) is 22.6 Å². The molecule has 0 aliphatic carbocycles. The Morgan fingerprint density at radius 1 is 1.86 bits per heavy atom. The Hall–Kier alpha value is -0.260. The highest BCUT2D eigenvalue weighted by molar-refractivity contribution is 14.1. The summed E-state index contributed by atoms with van der Waals surface area (Å²) in [5.41, 5.74) is 0. The van der Waals surface area contributed by atoms with Crippen LogP contribution in [0, 0.1) is 3.70 Å². The fraction of sp³-hybridized carbons (Fsp3) is 0. The minimum atomic E-state index is 0.720. The third-order valence-corrected chi connectivity index (χ3v) is 1.37. The summed E-state index contributed by atoms with van der Waals surface area (Å²) in [5.74, 6) is 0. The maximum atomic E-state index is 8.56. The van der Waals surface area contributed by atoms with E-state index in [4.69, 9.17) is 5.21 Å². The molecule has 7 heavy (non-hydrogen) atoms. The van der Waals surface area contributed by atoms with Crippen molar-refractivity contribution >= 4 is 22.6 Å². The first kappa shape index (κ1) is 4.89. The Balaban J connectivity index is 3.12. The van der Waals surface area contributed by atoms with E-state index in [-0.39, 0.29) is 0 Å². The summed E-state index contributed by atoms with van der Waals surface area (Å²) in [4.78, 5) is 0.820. The maximum Gasteiger partial charge on any atom is 0.140 e. The lowest BCUT2D eigenvalue weighted by Crippen LogP contribution is -1.92. The quantitative estimate of drug-likeness (QED) is 0.506. The Kier molecular flexibility index (Phi) is 1.18. The van der Waals surface area contributed by atoms with Gasteiger partial charge in [0.15, 0.2) is 0 Å². The van der Waals surface area contributed by atoms with Crippen LogP contribution in [-0.2, 0) is 0 Å². The summed E-state index contributed by atoms with van der Waals surface area (Å²) in [6.45, 7) is 0. The summed E-state index contributed by atoms with van der Waals surface area (Å²) in [6.07, 6.45) is 1.53. The zero-order chi connectivity index (χ0) is 5.28. The first-order valence-electron chi connectivity index (χ1n) is 1.69. The highest BCUT2D eigenvalue weighted by Gasteiger charge is 1.88. The van der Waals surface area contributed by atoms with Gasteiger partial charge in [0.25, 0.3) is 0 Å². The fourth-order valence-electron chi connectivity index (χ4n) is 0.280. The minimum Gasteiger partial charge on any atom is -0.411 e. The molecule has 0 unspecified atom stereocenters. The van der Waals surface area contributed by atoms with Crippen molar-refractivity contribution in [2.45, 2.75) is 0 Å². The molecular weight excluding hydrogens is 207 g/mol. The molecule has 3 nitrogen and oxygen atoms in total.